The van der Waals surface area contributed by atoms with Crippen LogP contribution in [0.3, 0.4) is 0 Å². The largest absolute Gasteiger partial charge is 0.394 e. The Morgan fingerprint density at radius 2 is 1.78 bits per heavy atom. The molecular weight excluding hydrogens is 310 g/mol. The van der Waals surface area contributed by atoms with E-state index in [-0.39, 0.29) is 6.61 Å². The van der Waals surface area contributed by atoms with Crippen LogP contribution in [-0.2, 0) is 16.1 Å². The summed E-state index contributed by atoms with van der Waals surface area (Å²) in [6, 6.07) is 6.99. The maximum absolute atomic E-state index is 11.0. The lowest BCUT2D eigenvalue weighted by atomic mass is 9.99. The van der Waals surface area contributed by atoms with Crippen LogP contribution in [0.4, 0.5) is 0 Å². The van der Waals surface area contributed by atoms with Crippen LogP contribution in [0.25, 0.3) is 0 Å². The molecule has 0 aromatic heterocycles. The van der Waals surface area contributed by atoms with E-state index in [0.29, 0.717) is 0 Å². The van der Waals surface area contributed by atoms with Crippen molar-refractivity contribution < 1.29 is 34.8 Å². The van der Waals surface area contributed by atoms with Gasteiger partial charge in [-0.2, -0.15) is 0 Å². The third-order valence-electron chi connectivity index (χ3n) is 3.70. The van der Waals surface area contributed by atoms with E-state index < -0.39 is 48.3 Å². The van der Waals surface area contributed by atoms with E-state index in [1.165, 1.54) is 0 Å². The van der Waals surface area contributed by atoms with Gasteiger partial charge < -0.3 is 29.9 Å². The number of ether oxygens (including phenoxy) is 2. The summed E-state index contributed by atoms with van der Waals surface area (Å²) in [6.07, 6.45) is -8.23. The molecule has 128 valence electrons. The smallest absolute Gasteiger partial charge is 0.269 e. The van der Waals surface area contributed by atoms with E-state index in [1.807, 2.05) is 6.07 Å². The summed E-state index contributed by atoms with van der Waals surface area (Å²) in [4.78, 5) is 10.1. The van der Waals surface area contributed by atoms with E-state index >= 15 is 0 Å². The first-order chi connectivity index (χ1) is 11.0. The van der Waals surface area contributed by atoms with Crippen molar-refractivity contribution in [2.75, 3.05) is 6.61 Å². The molecule has 6 atom stereocenters. The van der Waals surface area contributed by atoms with Gasteiger partial charge in [0.05, 0.1) is 13.2 Å². The standard InChI is InChI=1S/C14H19NO8/c16-6-9-11(17)10(15(20)21)12(18)13(19)14(23-9)22-7-8-4-2-1-3-5-8/h1-5,9-14,16-19H,6-7H2/t9-,10?,11?,12?,13-,14-/m1/s1. The monoisotopic (exact) mass is 329 g/mol. The molecule has 1 aliphatic heterocycles. The molecule has 1 heterocycles. The van der Waals surface area contributed by atoms with E-state index in [9.17, 15) is 30.5 Å². The van der Waals surface area contributed by atoms with Gasteiger partial charge in [-0.25, -0.2) is 0 Å². The van der Waals surface area contributed by atoms with Gasteiger partial charge >= 0.3 is 0 Å². The molecule has 0 amide bonds. The Bertz CT molecular complexity index is 513. The average molecular weight is 329 g/mol. The Morgan fingerprint density at radius 3 is 2.35 bits per heavy atom. The lowest BCUT2D eigenvalue weighted by Crippen LogP contribution is -2.52. The van der Waals surface area contributed by atoms with Gasteiger partial charge in [0.2, 0.25) is 0 Å². The Kier molecular flexibility index (Phi) is 5.99. The highest BCUT2D eigenvalue weighted by atomic mass is 16.7. The van der Waals surface area contributed by atoms with Crippen molar-refractivity contribution in [2.24, 2.45) is 0 Å². The fourth-order valence-corrected chi connectivity index (χ4v) is 2.41. The molecule has 0 aliphatic carbocycles. The van der Waals surface area contributed by atoms with Crippen LogP contribution in [0.2, 0.25) is 0 Å². The number of nitro groups is 1. The SMILES string of the molecule is O=[N+]([O-])C1C(O)[C@@H](O)[C@H](OCc2ccccc2)O[C@H](CO)C1O. The minimum atomic E-state index is -1.91. The van der Waals surface area contributed by atoms with E-state index in [1.54, 1.807) is 24.3 Å². The molecule has 0 saturated carbocycles. The molecule has 3 unspecified atom stereocenters. The topological polar surface area (TPSA) is 143 Å². The zero-order valence-corrected chi connectivity index (χ0v) is 12.1. The third-order valence-corrected chi connectivity index (χ3v) is 3.70. The summed E-state index contributed by atoms with van der Waals surface area (Å²) in [5.74, 6) is 0. The molecule has 4 N–H and O–H groups in total. The van der Waals surface area contributed by atoms with Crippen LogP contribution < -0.4 is 0 Å². The molecular formula is C14H19NO8. The molecule has 1 saturated heterocycles. The van der Waals surface area contributed by atoms with Crippen LogP contribution in [0.1, 0.15) is 5.56 Å². The number of rotatable bonds is 5. The van der Waals surface area contributed by atoms with Gasteiger partial charge in [0.1, 0.15) is 12.2 Å². The van der Waals surface area contributed by atoms with Gasteiger partial charge in [-0.1, -0.05) is 30.3 Å². The molecule has 0 bridgehead atoms. The summed E-state index contributed by atoms with van der Waals surface area (Å²) >= 11 is 0. The Balaban J connectivity index is 2.14. The second-order valence-corrected chi connectivity index (χ2v) is 5.27. The Hall–Kier alpha value is -1.62. The van der Waals surface area contributed by atoms with Gasteiger partial charge in [0.15, 0.2) is 18.5 Å². The van der Waals surface area contributed by atoms with E-state index in [4.69, 9.17) is 9.47 Å². The molecule has 1 aromatic rings. The van der Waals surface area contributed by atoms with Crippen LogP contribution >= 0.6 is 0 Å². The first kappa shape index (κ1) is 17.7. The zero-order chi connectivity index (χ0) is 17.0. The van der Waals surface area contributed by atoms with Crippen molar-refractivity contribution in [3.05, 3.63) is 46.0 Å². The highest BCUT2D eigenvalue weighted by Crippen LogP contribution is 2.24. The fourth-order valence-electron chi connectivity index (χ4n) is 2.41. The predicted molar refractivity (Wildman–Crippen MR) is 75.8 cm³/mol. The number of hydrogen-bond donors (Lipinski definition) is 4. The minimum Gasteiger partial charge on any atom is -0.394 e. The number of aliphatic hydroxyl groups excluding tert-OH is 4. The average Bonchev–Trinajstić information content (AvgIpc) is 2.63. The first-order valence-electron chi connectivity index (χ1n) is 7.05. The quantitative estimate of drug-likeness (QED) is 0.383. The third kappa shape index (κ3) is 4.02. The maximum atomic E-state index is 11.0. The summed E-state index contributed by atoms with van der Waals surface area (Å²) in [6.45, 7) is -0.706. The molecule has 0 radical (unpaired) electrons. The van der Waals surface area contributed by atoms with Gasteiger partial charge in [-0.05, 0) is 5.56 Å². The summed E-state index contributed by atoms with van der Waals surface area (Å²) in [5.41, 5.74) is 0.758. The molecule has 9 nitrogen and oxygen atoms in total. The summed E-state index contributed by atoms with van der Waals surface area (Å²) in [5, 5.41) is 50.2. The van der Waals surface area contributed by atoms with Crippen molar-refractivity contribution in [2.45, 2.75) is 43.4 Å². The molecule has 1 aliphatic rings. The van der Waals surface area contributed by atoms with Gasteiger partial charge in [0, 0.05) is 4.92 Å². The maximum Gasteiger partial charge on any atom is 0.269 e. The fraction of sp³-hybridized carbons (Fsp3) is 0.571. The molecule has 23 heavy (non-hydrogen) atoms. The minimum absolute atomic E-state index is 0.0205. The molecule has 0 spiro atoms. The van der Waals surface area contributed by atoms with Gasteiger partial charge in [-0.3, -0.25) is 10.1 Å². The lowest BCUT2D eigenvalue weighted by Gasteiger charge is -2.25. The Labute approximate surface area is 131 Å². The molecule has 1 aromatic carbocycles. The highest BCUT2D eigenvalue weighted by molar-refractivity contribution is 5.13. The highest BCUT2D eigenvalue weighted by Gasteiger charge is 2.51. The first-order valence-corrected chi connectivity index (χ1v) is 7.05. The number of aliphatic hydroxyl groups is 4. The van der Waals surface area contributed by atoms with Gasteiger partial charge in [-0.15, -0.1) is 0 Å². The van der Waals surface area contributed by atoms with Crippen molar-refractivity contribution in [3.8, 4) is 0 Å². The zero-order valence-electron chi connectivity index (χ0n) is 12.1. The van der Waals surface area contributed by atoms with Gasteiger partial charge in [0.25, 0.3) is 6.04 Å². The summed E-state index contributed by atoms with van der Waals surface area (Å²) in [7, 11) is 0. The molecule has 1 fully saturated rings. The van der Waals surface area contributed by atoms with Crippen molar-refractivity contribution >= 4 is 0 Å². The van der Waals surface area contributed by atoms with Crippen molar-refractivity contribution in [1.82, 2.24) is 0 Å². The summed E-state index contributed by atoms with van der Waals surface area (Å²) < 4.78 is 10.6. The van der Waals surface area contributed by atoms with Crippen LogP contribution in [0.5, 0.6) is 0 Å². The second kappa shape index (κ2) is 7.77. The molecule has 9 heteroatoms. The van der Waals surface area contributed by atoms with Crippen LogP contribution in [0.15, 0.2) is 30.3 Å². The molecule has 2 rings (SSSR count). The predicted octanol–water partition coefficient (Wildman–Crippen LogP) is -1.35. The number of hydrogen-bond acceptors (Lipinski definition) is 8. The normalized spacial score (nSPS) is 34.8. The second-order valence-electron chi connectivity index (χ2n) is 5.27. The van der Waals surface area contributed by atoms with Crippen molar-refractivity contribution in [1.29, 1.82) is 0 Å². The van der Waals surface area contributed by atoms with Crippen LogP contribution in [0, 0.1) is 10.1 Å². The van der Waals surface area contributed by atoms with Crippen LogP contribution in [-0.4, -0.2) is 68.7 Å². The number of benzene rings is 1. The van der Waals surface area contributed by atoms with Crippen molar-refractivity contribution in [3.63, 3.8) is 0 Å². The van der Waals surface area contributed by atoms with E-state index in [0.717, 1.165) is 5.56 Å². The lowest BCUT2D eigenvalue weighted by molar-refractivity contribution is -0.549. The number of nitrogens with zero attached hydrogens (tertiary/aromatic N) is 1. The van der Waals surface area contributed by atoms with E-state index in [2.05, 4.69) is 0 Å². The Morgan fingerprint density at radius 1 is 1.13 bits per heavy atom.